The molecule has 10 nitrogen and oxygen atoms in total. The average molecular weight is 503 g/mol. The Balaban J connectivity index is 1.65. The Morgan fingerprint density at radius 3 is 2.58 bits per heavy atom. The Bertz CT molecular complexity index is 1580. The van der Waals surface area contributed by atoms with E-state index in [1.807, 2.05) is 48.2 Å². The number of methoxy groups -OCH3 is 1. The first-order valence-electron chi connectivity index (χ1n) is 11.2. The van der Waals surface area contributed by atoms with Gasteiger partial charge in [0.2, 0.25) is 5.88 Å². The van der Waals surface area contributed by atoms with Gasteiger partial charge < -0.3 is 15.4 Å². The van der Waals surface area contributed by atoms with E-state index in [4.69, 9.17) is 27.2 Å². The van der Waals surface area contributed by atoms with Gasteiger partial charge in [0.1, 0.15) is 23.5 Å². The van der Waals surface area contributed by atoms with E-state index < -0.39 is 0 Å². The van der Waals surface area contributed by atoms with Crippen LogP contribution in [0.2, 0.25) is 5.02 Å². The smallest absolute Gasteiger partial charge is 0.284 e. The normalized spacial score (nSPS) is 11.1. The molecule has 4 heterocycles. The SMILES string of the molecule is CCN(Cc1nn2ccc(Cl)c2c(=O)n1-c1ccccc1)c1ncnc(N)c1-c1ccc(OC)nc1. The molecule has 0 amide bonds. The fourth-order valence-electron chi connectivity index (χ4n) is 4.08. The number of halogens is 1. The highest BCUT2D eigenvalue weighted by Gasteiger charge is 2.22. The van der Waals surface area contributed by atoms with Crippen LogP contribution < -0.4 is 20.9 Å². The molecule has 4 aromatic heterocycles. The number of benzene rings is 1. The maximum atomic E-state index is 13.6. The van der Waals surface area contributed by atoms with Crippen LogP contribution in [0.1, 0.15) is 12.7 Å². The van der Waals surface area contributed by atoms with Crippen molar-refractivity contribution < 1.29 is 4.74 Å². The summed E-state index contributed by atoms with van der Waals surface area (Å²) in [6.07, 6.45) is 4.75. The second kappa shape index (κ2) is 9.67. The molecule has 0 saturated heterocycles. The van der Waals surface area contributed by atoms with E-state index in [9.17, 15) is 4.79 Å². The standard InChI is InChI=1S/C25H23ClN8O2/c1-3-32(24-21(23(27)29-15-30-24)16-9-10-20(36-2)28-13-16)14-19-31-33-12-11-18(26)22(33)25(35)34(19)17-7-5-4-6-8-17/h4-13,15H,3,14H2,1-2H3,(H2,27,29,30). The molecule has 11 heteroatoms. The number of para-hydroxylation sites is 1. The number of aromatic nitrogens is 6. The number of rotatable bonds is 7. The summed E-state index contributed by atoms with van der Waals surface area (Å²) in [5.74, 6) is 1.89. The third-order valence-corrected chi connectivity index (χ3v) is 6.13. The molecule has 5 rings (SSSR count). The van der Waals surface area contributed by atoms with E-state index in [0.717, 1.165) is 5.56 Å². The summed E-state index contributed by atoms with van der Waals surface area (Å²) in [7, 11) is 1.56. The van der Waals surface area contributed by atoms with Crippen LogP contribution in [0.5, 0.6) is 5.88 Å². The largest absolute Gasteiger partial charge is 0.481 e. The Labute approximate surface area is 211 Å². The zero-order chi connectivity index (χ0) is 25.2. The summed E-state index contributed by atoms with van der Waals surface area (Å²) in [6, 6.07) is 14.6. The summed E-state index contributed by atoms with van der Waals surface area (Å²) in [5, 5.41) is 5.09. The number of anilines is 2. The van der Waals surface area contributed by atoms with E-state index in [1.165, 1.54) is 10.8 Å². The fourth-order valence-corrected chi connectivity index (χ4v) is 4.31. The lowest BCUT2D eigenvalue weighted by molar-refractivity contribution is 0.398. The Hall–Kier alpha value is -4.44. The van der Waals surface area contributed by atoms with Gasteiger partial charge in [0.05, 0.1) is 29.9 Å². The van der Waals surface area contributed by atoms with Crippen LogP contribution in [0.4, 0.5) is 11.6 Å². The molecule has 0 bridgehead atoms. The van der Waals surface area contributed by atoms with Gasteiger partial charge in [-0.1, -0.05) is 29.8 Å². The van der Waals surface area contributed by atoms with Crippen molar-refractivity contribution in [3.8, 4) is 22.7 Å². The number of pyridine rings is 1. The van der Waals surface area contributed by atoms with E-state index in [-0.39, 0.29) is 12.1 Å². The molecular weight excluding hydrogens is 480 g/mol. The van der Waals surface area contributed by atoms with Crippen LogP contribution in [0.15, 0.2) is 72.0 Å². The highest BCUT2D eigenvalue weighted by atomic mass is 35.5. The summed E-state index contributed by atoms with van der Waals surface area (Å²) in [5.41, 5.74) is 8.40. The van der Waals surface area contributed by atoms with Crippen molar-refractivity contribution in [2.45, 2.75) is 13.5 Å². The molecule has 0 saturated carbocycles. The van der Waals surface area contributed by atoms with Crippen molar-refractivity contribution in [3.05, 3.63) is 88.5 Å². The van der Waals surface area contributed by atoms with Crippen LogP contribution >= 0.6 is 11.6 Å². The first-order valence-corrected chi connectivity index (χ1v) is 11.6. The van der Waals surface area contributed by atoms with Gasteiger partial charge in [-0.25, -0.2) is 19.5 Å². The van der Waals surface area contributed by atoms with Crippen molar-refractivity contribution in [2.75, 3.05) is 24.3 Å². The summed E-state index contributed by atoms with van der Waals surface area (Å²) >= 11 is 6.32. The predicted molar refractivity (Wildman–Crippen MR) is 139 cm³/mol. The highest BCUT2D eigenvalue weighted by molar-refractivity contribution is 6.33. The molecule has 0 spiro atoms. The van der Waals surface area contributed by atoms with Crippen LogP contribution in [0, 0.1) is 0 Å². The summed E-state index contributed by atoms with van der Waals surface area (Å²) in [4.78, 5) is 28.6. The maximum Gasteiger partial charge on any atom is 0.284 e. The first-order chi connectivity index (χ1) is 17.5. The fraction of sp³-hybridized carbons (Fsp3) is 0.160. The van der Waals surface area contributed by atoms with Gasteiger partial charge in [-0.05, 0) is 31.2 Å². The van der Waals surface area contributed by atoms with Gasteiger partial charge in [0, 0.05) is 30.6 Å². The Kier molecular flexibility index (Phi) is 6.26. The number of fused-ring (bicyclic) bond motifs is 1. The lowest BCUT2D eigenvalue weighted by atomic mass is 10.1. The summed E-state index contributed by atoms with van der Waals surface area (Å²) in [6.45, 7) is 2.81. The quantitative estimate of drug-likeness (QED) is 0.359. The molecule has 5 aromatic rings. The second-order valence-corrected chi connectivity index (χ2v) is 8.32. The molecule has 0 aliphatic carbocycles. The molecule has 182 valence electrons. The van der Waals surface area contributed by atoms with Gasteiger partial charge in [-0.15, -0.1) is 0 Å². The molecule has 2 N–H and O–H groups in total. The van der Waals surface area contributed by atoms with E-state index in [2.05, 4.69) is 15.0 Å². The Morgan fingerprint density at radius 1 is 1.08 bits per heavy atom. The van der Waals surface area contributed by atoms with Gasteiger partial charge in [-0.2, -0.15) is 5.10 Å². The molecule has 0 atom stereocenters. The van der Waals surface area contributed by atoms with Crippen molar-refractivity contribution >= 4 is 28.8 Å². The number of nitrogens with two attached hydrogens (primary N) is 1. The van der Waals surface area contributed by atoms with Crippen molar-refractivity contribution in [2.24, 2.45) is 0 Å². The van der Waals surface area contributed by atoms with E-state index >= 15 is 0 Å². The molecule has 1 aromatic carbocycles. The number of nitrogens with zero attached hydrogens (tertiary/aromatic N) is 7. The third-order valence-electron chi connectivity index (χ3n) is 5.82. The number of hydrogen-bond donors (Lipinski definition) is 1. The van der Waals surface area contributed by atoms with Crippen LogP contribution in [0.25, 0.3) is 22.3 Å². The highest BCUT2D eigenvalue weighted by Crippen LogP contribution is 2.33. The van der Waals surface area contributed by atoms with Crippen molar-refractivity contribution in [1.29, 1.82) is 0 Å². The van der Waals surface area contributed by atoms with Crippen LogP contribution in [0.3, 0.4) is 0 Å². The van der Waals surface area contributed by atoms with Gasteiger partial charge in [0.25, 0.3) is 5.56 Å². The monoisotopic (exact) mass is 502 g/mol. The minimum atomic E-state index is -0.265. The van der Waals surface area contributed by atoms with Crippen LogP contribution in [-0.4, -0.2) is 42.8 Å². The number of nitrogen functional groups attached to an aromatic ring is 1. The van der Waals surface area contributed by atoms with Gasteiger partial charge >= 0.3 is 0 Å². The molecule has 0 radical (unpaired) electrons. The van der Waals surface area contributed by atoms with Crippen LogP contribution in [-0.2, 0) is 6.54 Å². The molecule has 0 aliphatic heterocycles. The molecule has 36 heavy (non-hydrogen) atoms. The first kappa shape index (κ1) is 23.3. The zero-order valence-corrected chi connectivity index (χ0v) is 20.4. The molecule has 0 unspecified atom stereocenters. The average Bonchev–Trinajstić information content (AvgIpc) is 3.28. The predicted octanol–water partition coefficient (Wildman–Crippen LogP) is 3.61. The Morgan fingerprint density at radius 2 is 1.89 bits per heavy atom. The van der Waals surface area contributed by atoms with Gasteiger partial charge in [0.15, 0.2) is 5.82 Å². The zero-order valence-electron chi connectivity index (χ0n) is 19.7. The third kappa shape index (κ3) is 4.11. The lowest BCUT2D eigenvalue weighted by Gasteiger charge is -2.25. The second-order valence-electron chi connectivity index (χ2n) is 7.91. The van der Waals surface area contributed by atoms with Crippen molar-refractivity contribution in [1.82, 2.24) is 29.1 Å². The topological polar surface area (TPSA) is 116 Å². The maximum absolute atomic E-state index is 13.6. The number of ether oxygens (including phenoxy) is 1. The molecular formula is C25H23ClN8O2. The minimum Gasteiger partial charge on any atom is -0.481 e. The van der Waals surface area contributed by atoms with Crippen molar-refractivity contribution in [3.63, 3.8) is 0 Å². The van der Waals surface area contributed by atoms with Gasteiger partial charge in [-0.3, -0.25) is 9.36 Å². The summed E-state index contributed by atoms with van der Waals surface area (Å²) < 4.78 is 8.26. The minimum absolute atomic E-state index is 0.263. The molecule has 0 fully saturated rings. The number of hydrogen-bond acceptors (Lipinski definition) is 8. The molecule has 0 aliphatic rings. The lowest BCUT2D eigenvalue weighted by Crippen LogP contribution is -2.32. The van der Waals surface area contributed by atoms with E-state index in [0.29, 0.717) is 51.7 Å². The van der Waals surface area contributed by atoms with E-state index in [1.54, 1.807) is 36.2 Å².